The van der Waals surface area contributed by atoms with Gasteiger partial charge < -0.3 is 15.2 Å². The number of amides is 1. The van der Waals surface area contributed by atoms with Crippen LogP contribution in [0, 0.1) is 0 Å². The molecule has 0 aliphatic carbocycles. The quantitative estimate of drug-likeness (QED) is 0.769. The van der Waals surface area contributed by atoms with Crippen molar-refractivity contribution in [1.82, 2.24) is 10.2 Å². The van der Waals surface area contributed by atoms with Gasteiger partial charge in [0.05, 0.1) is 6.73 Å². The fourth-order valence-corrected chi connectivity index (χ4v) is 1.86. The van der Waals surface area contributed by atoms with E-state index < -0.39 is 5.60 Å². The van der Waals surface area contributed by atoms with E-state index in [2.05, 4.69) is 5.32 Å². The molecular weight excluding hydrogens is 220 g/mol. The molecule has 1 aliphatic rings. The summed E-state index contributed by atoms with van der Waals surface area (Å²) in [5.74, 6) is 0. The van der Waals surface area contributed by atoms with Gasteiger partial charge in [0.2, 0.25) is 0 Å². The Balaban J connectivity index is 2.43. The maximum absolute atomic E-state index is 11.7. The number of aliphatic hydroxyl groups is 1. The fraction of sp³-hybridized carbons (Fsp3) is 0.917. The first-order valence-electron chi connectivity index (χ1n) is 6.08. The molecule has 0 bridgehead atoms. The summed E-state index contributed by atoms with van der Waals surface area (Å²) >= 11 is 0. The summed E-state index contributed by atoms with van der Waals surface area (Å²) in [6.07, 6.45) is 1.29. The molecule has 1 aliphatic heterocycles. The number of hydrogen-bond acceptors (Lipinski definition) is 4. The van der Waals surface area contributed by atoms with Gasteiger partial charge in [0, 0.05) is 18.6 Å². The smallest absolute Gasteiger partial charge is 0.408 e. The van der Waals surface area contributed by atoms with Crippen LogP contribution in [0.25, 0.3) is 0 Å². The number of likely N-dealkylation sites (tertiary alicyclic amines) is 1. The van der Waals surface area contributed by atoms with Crippen LogP contribution in [0.4, 0.5) is 4.79 Å². The Morgan fingerprint density at radius 2 is 1.94 bits per heavy atom. The summed E-state index contributed by atoms with van der Waals surface area (Å²) in [6, 6.07) is 0. The Bertz CT molecular complexity index is 265. The molecule has 2 N–H and O–H groups in total. The van der Waals surface area contributed by atoms with Crippen molar-refractivity contribution in [3.05, 3.63) is 0 Å². The van der Waals surface area contributed by atoms with Gasteiger partial charge in [0.25, 0.3) is 0 Å². The Morgan fingerprint density at radius 3 is 2.35 bits per heavy atom. The predicted octanol–water partition coefficient (Wildman–Crippen LogP) is 1.32. The number of ether oxygens (including phenoxy) is 1. The van der Waals surface area contributed by atoms with Gasteiger partial charge in [-0.3, -0.25) is 4.90 Å². The van der Waals surface area contributed by atoms with E-state index in [1.54, 1.807) is 0 Å². The number of alkyl carbamates (subject to hydrolysis) is 1. The summed E-state index contributed by atoms with van der Waals surface area (Å²) in [7, 11) is 0. The lowest BCUT2D eigenvalue weighted by atomic mass is 9.90. The third-order valence-electron chi connectivity index (χ3n) is 2.96. The molecule has 0 saturated carbocycles. The molecule has 1 amide bonds. The number of hydrogen-bond donors (Lipinski definition) is 2. The molecule has 5 heteroatoms. The lowest BCUT2D eigenvalue weighted by Gasteiger charge is -2.39. The number of piperidine rings is 1. The number of rotatable bonds is 2. The first-order chi connectivity index (χ1) is 7.74. The van der Waals surface area contributed by atoms with E-state index in [1.807, 2.05) is 32.6 Å². The molecule has 17 heavy (non-hydrogen) atoms. The summed E-state index contributed by atoms with van der Waals surface area (Å²) in [5, 5.41) is 11.9. The van der Waals surface area contributed by atoms with Crippen molar-refractivity contribution in [3.8, 4) is 0 Å². The van der Waals surface area contributed by atoms with Gasteiger partial charge in [-0.1, -0.05) is 0 Å². The zero-order chi connectivity index (χ0) is 13.1. The highest BCUT2D eigenvalue weighted by atomic mass is 16.6. The van der Waals surface area contributed by atoms with E-state index >= 15 is 0 Å². The minimum absolute atomic E-state index is 0.0858. The second-order valence-electron chi connectivity index (χ2n) is 5.95. The van der Waals surface area contributed by atoms with Crippen LogP contribution >= 0.6 is 0 Å². The van der Waals surface area contributed by atoms with Crippen LogP contribution in [0.1, 0.15) is 40.5 Å². The highest BCUT2D eigenvalue weighted by molar-refractivity contribution is 5.68. The van der Waals surface area contributed by atoms with Gasteiger partial charge >= 0.3 is 6.09 Å². The first kappa shape index (κ1) is 14.3. The molecule has 0 unspecified atom stereocenters. The lowest BCUT2D eigenvalue weighted by Crippen LogP contribution is -2.54. The third-order valence-corrected chi connectivity index (χ3v) is 2.96. The van der Waals surface area contributed by atoms with Crippen LogP contribution in [0.2, 0.25) is 0 Å². The average Bonchev–Trinajstić information content (AvgIpc) is 2.15. The van der Waals surface area contributed by atoms with Crippen LogP contribution in [0.5, 0.6) is 0 Å². The lowest BCUT2D eigenvalue weighted by molar-refractivity contribution is 0.0316. The van der Waals surface area contributed by atoms with Crippen molar-refractivity contribution in [2.75, 3.05) is 19.8 Å². The Labute approximate surface area is 103 Å². The van der Waals surface area contributed by atoms with Gasteiger partial charge in [-0.2, -0.15) is 0 Å². The van der Waals surface area contributed by atoms with Crippen molar-refractivity contribution >= 4 is 6.09 Å². The minimum Gasteiger partial charge on any atom is -0.444 e. The molecule has 0 radical (unpaired) electrons. The first-order valence-corrected chi connectivity index (χ1v) is 6.08. The highest BCUT2D eigenvalue weighted by Crippen LogP contribution is 2.22. The van der Waals surface area contributed by atoms with E-state index in [-0.39, 0.29) is 18.4 Å². The second kappa shape index (κ2) is 5.23. The molecule has 1 rings (SSSR count). The zero-order valence-corrected chi connectivity index (χ0v) is 11.2. The topological polar surface area (TPSA) is 61.8 Å². The molecule has 5 nitrogen and oxygen atoms in total. The average molecular weight is 244 g/mol. The van der Waals surface area contributed by atoms with E-state index in [4.69, 9.17) is 9.84 Å². The van der Waals surface area contributed by atoms with Crippen LogP contribution in [0.15, 0.2) is 0 Å². The van der Waals surface area contributed by atoms with E-state index in [0.717, 1.165) is 25.9 Å². The monoisotopic (exact) mass is 244 g/mol. The summed E-state index contributed by atoms with van der Waals surface area (Å²) in [6.45, 7) is 9.25. The van der Waals surface area contributed by atoms with Gasteiger partial charge in [-0.05, 0) is 40.5 Å². The van der Waals surface area contributed by atoms with Gasteiger partial charge in [0.1, 0.15) is 5.60 Å². The zero-order valence-electron chi connectivity index (χ0n) is 11.2. The fourth-order valence-electron chi connectivity index (χ4n) is 1.86. The number of carbonyl (C=O) groups is 1. The van der Waals surface area contributed by atoms with Crippen molar-refractivity contribution in [3.63, 3.8) is 0 Å². The predicted molar refractivity (Wildman–Crippen MR) is 65.7 cm³/mol. The molecule has 0 aromatic heterocycles. The van der Waals surface area contributed by atoms with Crippen molar-refractivity contribution < 1.29 is 14.6 Å². The van der Waals surface area contributed by atoms with Crippen molar-refractivity contribution in [1.29, 1.82) is 0 Å². The minimum atomic E-state index is -0.466. The standard InChI is InChI=1S/C12H24N2O3/c1-11(2,3)17-10(16)13-12(4)5-7-14(9-15)8-6-12/h15H,5-9H2,1-4H3,(H,13,16). The molecular formula is C12H24N2O3. The van der Waals surface area contributed by atoms with E-state index in [0.29, 0.717) is 0 Å². The van der Waals surface area contributed by atoms with Gasteiger partial charge in [-0.15, -0.1) is 0 Å². The largest absolute Gasteiger partial charge is 0.444 e. The van der Waals surface area contributed by atoms with Crippen LogP contribution < -0.4 is 5.32 Å². The summed E-state index contributed by atoms with van der Waals surface area (Å²) < 4.78 is 5.25. The molecule has 1 fully saturated rings. The highest BCUT2D eigenvalue weighted by Gasteiger charge is 2.32. The maximum atomic E-state index is 11.7. The maximum Gasteiger partial charge on any atom is 0.408 e. The molecule has 1 heterocycles. The van der Waals surface area contributed by atoms with Crippen LogP contribution in [-0.4, -0.2) is 47.1 Å². The Hall–Kier alpha value is -0.810. The summed E-state index contributed by atoms with van der Waals surface area (Å²) in [4.78, 5) is 13.6. The van der Waals surface area contributed by atoms with Gasteiger partial charge in [0.15, 0.2) is 0 Å². The molecule has 100 valence electrons. The molecule has 0 aromatic rings. The number of carbonyl (C=O) groups excluding carboxylic acids is 1. The summed E-state index contributed by atoms with van der Waals surface area (Å²) in [5.41, 5.74) is -0.694. The van der Waals surface area contributed by atoms with E-state index in [9.17, 15) is 4.79 Å². The van der Waals surface area contributed by atoms with Crippen molar-refractivity contribution in [2.45, 2.75) is 51.7 Å². The molecule has 0 aromatic carbocycles. The van der Waals surface area contributed by atoms with Crippen LogP contribution in [0.3, 0.4) is 0 Å². The Morgan fingerprint density at radius 1 is 1.41 bits per heavy atom. The van der Waals surface area contributed by atoms with Crippen molar-refractivity contribution in [2.24, 2.45) is 0 Å². The molecule has 1 saturated heterocycles. The SMILES string of the molecule is CC1(NC(=O)OC(C)(C)C)CCN(CO)CC1. The number of aliphatic hydroxyl groups excluding tert-OH is 1. The van der Waals surface area contributed by atoms with E-state index in [1.165, 1.54) is 0 Å². The normalized spacial score (nSPS) is 21.0. The van der Waals surface area contributed by atoms with Crippen LogP contribution in [-0.2, 0) is 4.74 Å². The molecule has 0 atom stereocenters. The Kier molecular flexibility index (Phi) is 4.38. The second-order valence-corrected chi connectivity index (χ2v) is 5.95. The number of nitrogens with zero attached hydrogens (tertiary/aromatic N) is 1. The third kappa shape index (κ3) is 4.91. The number of nitrogens with one attached hydrogen (secondary N) is 1. The molecule has 0 spiro atoms. The van der Waals surface area contributed by atoms with Gasteiger partial charge in [-0.25, -0.2) is 4.79 Å².